The lowest BCUT2D eigenvalue weighted by Crippen LogP contribution is -2.37. The third-order valence-corrected chi connectivity index (χ3v) is 2.03. The number of nitrogens with two attached hydrogens (primary N) is 1. The third-order valence-electron chi connectivity index (χ3n) is 1.37. The minimum atomic E-state index is -3.07. The number of hydrogen-bond acceptors (Lipinski definition) is 3. The van der Waals surface area contributed by atoms with Crippen LogP contribution in [0, 0.1) is 5.41 Å². The van der Waals surface area contributed by atoms with Gasteiger partial charge in [0.15, 0.2) is 0 Å². The molecule has 0 aromatic heterocycles. The smallest absolute Gasteiger partial charge is 0.208 e. The summed E-state index contributed by atoms with van der Waals surface area (Å²) in [6.07, 6.45) is 1.14. The summed E-state index contributed by atoms with van der Waals surface area (Å²) in [6.45, 7) is 4.67. The average Bonchev–Trinajstić information content (AvgIpc) is 1.83. The third kappa shape index (κ3) is 6.28. The van der Waals surface area contributed by atoms with Gasteiger partial charge in [0, 0.05) is 6.54 Å². The van der Waals surface area contributed by atoms with Gasteiger partial charge in [0.25, 0.3) is 0 Å². The van der Waals surface area contributed by atoms with E-state index in [0.29, 0.717) is 13.1 Å². The van der Waals surface area contributed by atoms with Gasteiger partial charge in [0.2, 0.25) is 10.0 Å². The molecule has 0 bridgehead atoms. The molecule has 5 heteroatoms. The van der Waals surface area contributed by atoms with Crippen LogP contribution in [0.3, 0.4) is 0 Å². The molecule has 0 saturated carbocycles. The highest BCUT2D eigenvalue weighted by Gasteiger charge is 2.16. The van der Waals surface area contributed by atoms with Gasteiger partial charge in [-0.3, -0.25) is 0 Å². The molecule has 0 amide bonds. The summed E-state index contributed by atoms with van der Waals surface area (Å²) in [7, 11) is -3.07. The predicted molar refractivity (Wildman–Crippen MR) is 45.7 cm³/mol. The summed E-state index contributed by atoms with van der Waals surface area (Å²) in [5.41, 5.74) is 5.24. The highest BCUT2D eigenvalue weighted by Crippen LogP contribution is 2.10. The van der Waals surface area contributed by atoms with E-state index in [2.05, 4.69) is 4.72 Å². The van der Waals surface area contributed by atoms with Crippen molar-refractivity contribution >= 4 is 10.0 Å². The summed E-state index contributed by atoms with van der Waals surface area (Å²) < 4.78 is 23.7. The Balaban J connectivity index is 3.90. The molecule has 0 aliphatic heterocycles. The lowest BCUT2D eigenvalue weighted by molar-refractivity contribution is 0.376. The van der Waals surface area contributed by atoms with Crippen molar-refractivity contribution in [1.29, 1.82) is 0 Å². The Morgan fingerprint density at radius 3 is 2.18 bits per heavy atom. The average molecular weight is 180 g/mol. The minimum Gasteiger partial charge on any atom is -0.330 e. The van der Waals surface area contributed by atoms with Gasteiger partial charge in [0.05, 0.1) is 6.26 Å². The first-order valence-electron chi connectivity index (χ1n) is 3.41. The fraction of sp³-hybridized carbons (Fsp3) is 1.00. The summed E-state index contributed by atoms with van der Waals surface area (Å²) in [5.74, 6) is 0. The SMILES string of the molecule is CC(C)(CN)CNS(C)(=O)=O. The van der Waals surface area contributed by atoms with E-state index in [1.54, 1.807) is 0 Å². The number of nitrogens with one attached hydrogen (secondary N) is 1. The first kappa shape index (κ1) is 10.9. The van der Waals surface area contributed by atoms with Crippen molar-refractivity contribution in [3.05, 3.63) is 0 Å². The van der Waals surface area contributed by atoms with E-state index in [1.165, 1.54) is 0 Å². The summed E-state index contributed by atoms with van der Waals surface area (Å²) in [6, 6.07) is 0. The zero-order chi connectivity index (χ0) is 9.12. The number of sulfonamides is 1. The van der Waals surface area contributed by atoms with Crippen molar-refractivity contribution < 1.29 is 8.42 Å². The van der Waals surface area contributed by atoms with Gasteiger partial charge in [-0.2, -0.15) is 0 Å². The molecule has 0 atom stereocenters. The first-order valence-corrected chi connectivity index (χ1v) is 5.31. The van der Waals surface area contributed by atoms with E-state index in [9.17, 15) is 8.42 Å². The van der Waals surface area contributed by atoms with E-state index >= 15 is 0 Å². The Labute approximate surface area is 68.2 Å². The highest BCUT2D eigenvalue weighted by atomic mass is 32.2. The van der Waals surface area contributed by atoms with Crippen molar-refractivity contribution in [1.82, 2.24) is 4.72 Å². The lowest BCUT2D eigenvalue weighted by Gasteiger charge is -2.21. The number of rotatable bonds is 4. The number of hydrogen-bond donors (Lipinski definition) is 2. The maximum absolute atomic E-state index is 10.6. The van der Waals surface area contributed by atoms with Crippen molar-refractivity contribution in [2.24, 2.45) is 11.1 Å². The fourth-order valence-corrected chi connectivity index (χ4v) is 1.05. The van der Waals surface area contributed by atoms with Crippen molar-refractivity contribution in [3.63, 3.8) is 0 Å². The van der Waals surface area contributed by atoms with Gasteiger partial charge in [-0.1, -0.05) is 13.8 Å². The second-order valence-corrected chi connectivity index (χ2v) is 5.29. The van der Waals surface area contributed by atoms with Crippen molar-refractivity contribution in [2.45, 2.75) is 13.8 Å². The van der Waals surface area contributed by atoms with Gasteiger partial charge in [-0.05, 0) is 12.0 Å². The molecule has 0 saturated heterocycles. The predicted octanol–water partition coefficient (Wildman–Crippen LogP) is -0.479. The van der Waals surface area contributed by atoms with E-state index in [0.717, 1.165) is 6.26 Å². The molecule has 0 aliphatic carbocycles. The van der Waals surface area contributed by atoms with Gasteiger partial charge in [-0.25, -0.2) is 13.1 Å². The second-order valence-electron chi connectivity index (χ2n) is 3.46. The van der Waals surface area contributed by atoms with E-state index in [4.69, 9.17) is 5.73 Å². The zero-order valence-electron chi connectivity index (χ0n) is 7.22. The molecule has 3 N–H and O–H groups in total. The summed E-state index contributed by atoms with van der Waals surface area (Å²) in [4.78, 5) is 0. The topological polar surface area (TPSA) is 72.2 Å². The van der Waals surface area contributed by atoms with Crippen LogP contribution in [-0.2, 0) is 10.0 Å². The van der Waals surface area contributed by atoms with Crippen LogP contribution < -0.4 is 10.5 Å². The van der Waals surface area contributed by atoms with Gasteiger partial charge < -0.3 is 5.73 Å². The molecule has 0 radical (unpaired) electrons. The molecule has 0 spiro atoms. The van der Waals surface area contributed by atoms with Crippen LogP contribution in [0.5, 0.6) is 0 Å². The zero-order valence-corrected chi connectivity index (χ0v) is 8.03. The summed E-state index contributed by atoms with van der Waals surface area (Å²) >= 11 is 0. The molecule has 0 unspecified atom stereocenters. The molecular weight excluding hydrogens is 164 g/mol. The molecule has 0 fully saturated rings. The molecule has 0 aromatic rings. The molecule has 0 aliphatic rings. The standard InChI is InChI=1S/C6H16N2O2S/c1-6(2,4-7)5-8-11(3,9)10/h8H,4-5,7H2,1-3H3. The quantitative estimate of drug-likeness (QED) is 0.614. The highest BCUT2D eigenvalue weighted by molar-refractivity contribution is 7.88. The summed E-state index contributed by atoms with van der Waals surface area (Å²) in [5, 5.41) is 0. The van der Waals surface area contributed by atoms with Gasteiger partial charge >= 0.3 is 0 Å². The Morgan fingerprint density at radius 1 is 1.45 bits per heavy atom. The maximum Gasteiger partial charge on any atom is 0.208 e. The van der Waals surface area contributed by atoms with Crippen molar-refractivity contribution in [3.8, 4) is 0 Å². The minimum absolute atomic E-state index is 0.164. The van der Waals surface area contributed by atoms with Crippen LogP contribution in [0.1, 0.15) is 13.8 Å². The van der Waals surface area contributed by atoms with Crippen LogP contribution >= 0.6 is 0 Å². The van der Waals surface area contributed by atoms with Crippen LogP contribution in [0.4, 0.5) is 0 Å². The fourth-order valence-electron chi connectivity index (χ4n) is 0.399. The molecule has 0 rings (SSSR count). The monoisotopic (exact) mass is 180 g/mol. The van der Waals surface area contributed by atoms with Gasteiger partial charge in [-0.15, -0.1) is 0 Å². The molecule has 68 valence electrons. The van der Waals surface area contributed by atoms with Crippen LogP contribution in [0.25, 0.3) is 0 Å². The molecule has 0 heterocycles. The second kappa shape index (κ2) is 3.51. The first-order chi connectivity index (χ1) is 4.77. The molecule has 11 heavy (non-hydrogen) atoms. The Bertz CT molecular complexity index is 209. The van der Waals surface area contributed by atoms with E-state index < -0.39 is 10.0 Å². The van der Waals surface area contributed by atoms with E-state index in [1.807, 2.05) is 13.8 Å². The van der Waals surface area contributed by atoms with E-state index in [-0.39, 0.29) is 5.41 Å². The van der Waals surface area contributed by atoms with Crippen LogP contribution in [-0.4, -0.2) is 27.8 Å². The van der Waals surface area contributed by atoms with Crippen LogP contribution in [0.2, 0.25) is 0 Å². The van der Waals surface area contributed by atoms with Crippen molar-refractivity contribution in [2.75, 3.05) is 19.3 Å². The Morgan fingerprint density at radius 2 is 1.91 bits per heavy atom. The normalized spacial score (nSPS) is 13.5. The largest absolute Gasteiger partial charge is 0.330 e. The molecule has 4 nitrogen and oxygen atoms in total. The lowest BCUT2D eigenvalue weighted by atomic mass is 9.95. The molecular formula is C6H16N2O2S. The Hall–Kier alpha value is -0.130. The maximum atomic E-state index is 10.6. The molecule has 0 aromatic carbocycles. The van der Waals surface area contributed by atoms with Gasteiger partial charge in [0.1, 0.15) is 0 Å². The Kier molecular flexibility index (Phi) is 3.47. The van der Waals surface area contributed by atoms with Crippen LogP contribution in [0.15, 0.2) is 0 Å².